The Morgan fingerprint density at radius 2 is 1.78 bits per heavy atom. The van der Waals surface area contributed by atoms with Gasteiger partial charge in [0.1, 0.15) is 5.56 Å². The van der Waals surface area contributed by atoms with Gasteiger partial charge in [0.15, 0.2) is 19.7 Å². The van der Waals surface area contributed by atoms with Gasteiger partial charge in [0, 0.05) is 24.6 Å². The summed E-state index contributed by atoms with van der Waals surface area (Å²) in [5.41, 5.74) is -1.09. The summed E-state index contributed by atoms with van der Waals surface area (Å²) in [6.07, 6.45) is 2.08. The SMILES string of the molecule is CCn1[nH]cc(C(=O)c2cc(S(=O)(=O)CC)c(S(C)(=O)=O)c(C)c2Cl)c1=O. The smallest absolute Gasteiger partial charge is 0.277 e. The first kappa shape index (κ1) is 21.4. The fraction of sp³-hybridized carbons (Fsp3) is 0.375. The number of halogens is 1. The van der Waals surface area contributed by atoms with Crippen LogP contribution in [0.5, 0.6) is 0 Å². The predicted molar refractivity (Wildman–Crippen MR) is 101 cm³/mol. The fourth-order valence-corrected chi connectivity index (χ4v) is 5.96. The van der Waals surface area contributed by atoms with E-state index in [0.29, 0.717) is 6.54 Å². The quantitative estimate of drug-likeness (QED) is 0.688. The van der Waals surface area contributed by atoms with Crippen LogP contribution in [0.3, 0.4) is 0 Å². The number of aromatic amines is 1. The first-order valence-electron chi connectivity index (χ1n) is 7.95. The summed E-state index contributed by atoms with van der Waals surface area (Å²) in [4.78, 5) is 24.1. The van der Waals surface area contributed by atoms with E-state index in [0.717, 1.165) is 12.3 Å². The molecule has 27 heavy (non-hydrogen) atoms. The van der Waals surface area contributed by atoms with Crippen molar-refractivity contribution in [2.24, 2.45) is 0 Å². The third kappa shape index (κ3) is 3.74. The number of benzene rings is 1. The molecule has 0 unspecified atom stereocenters. The number of H-pyrrole nitrogens is 1. The van der Waals surface area contributed by atoms with E-state index >= 15 is 0 Å². The van der Waals surface area contributed by atoms with Crippen LogP contribution in [0.25, 0.3) is 0 Å². The number of hydrogen-bond donors (Lipinski definition) is 1. The van der Waals surface area contributed by atoms with Crippen LogP contribution in [0.15, 0.2) is 26.8 Å². The molecular formula is C16H19ClN2O6S2. The monoisotopic (exact) mass is 434 g/mol. The van der Waals surface area contributed by atoms with E-state index in [1.54, 1.807) is 6.92 Å². The van der Waals surface area contributed by atoms with Gasteiger partial charge in [-0.25, -0.2) is 16.8 Å². The summed E-state index contributed by atoms with van der Waals surface area (Å²) in [5, 5.41) is 2.42. The molecule has 1 N–H and O–H groups in total. The van der Waals surface area contributed by atoms with Gasteiger partial charge >= 0.3 is 0 Å². The normalized spacial score (nSPS) is 12.3. The van der Waals surface area contributed by atoms with Crippen LogP contribution in [0, 0.1) is 6.92 Å². The van der Waals surface area contributed by atoms with Crippen LogP contribution >= 0.6 is 11.6 Å². The maximum atomic E-state index is 12.8. The Morgan fingerprint density at radius 1 is 1.19 bits per heavy atom. The number of hydrogen-bond acceptors (Lipinski definition) is 6. The zero-order chi connectivity index (χ0) is 20.7. The van der Waals surface area contributed by atoms with Crippen molar-refractivity contribution in [3.8, 4) is 0 Å². The number of nitrogens with one attached hydrogen (secondary N) is 1. The number of sulfone groups is 2. The van der Waals surface area contributed by atoms with Crippen LogP contribution in [0.1, 0.15) is 35.3 Å². The highest BCUT2D eigenvalue weighted by Gasteiger charge is 2.30. The van der Waals surface area contributed by atoms with E-state index in [9.17, 15) is 26.4 Å². The molecule has 2 rings (SSSR count). The zero-order valence-corrected chi connectivity index (χ0v) is 17.5. The minimum atomic E-state index is -3.98. The molecule has 0 saturated carbocycles. The molecule has 0 bridgehead atoms. The van der Waals surface area contributed by atoms with Gasteiger partial charge in [0.05, 0.1) is 20.6 Å². The fourth-order valence-electron chi connectivity index (χ4n) is 2.71. The molecule has 1 aromatic carbocycles. The molecule has 8 nitrogen and oxygen atoms in total. The molecule has 0 spiro atoms. The van der Waals surface area contributed by atoms with Crippen molar-refractivity contribution in [1.29, 1.82) is 0 Å². The van der Waals surface area contributed by atoms with Crippen LogP contribution < -0.4 is 5.56 Å². The number of rotatable bonds is 6. The lowest BCUT2D eigenvalue weighted by molar-refractivity contribution is 0.103. The third-order valence-corrected chi connectivity index (χ3v) is 7.77. The molecular weight excluding hydrogens is 416 g/mol. The number of carbonyl (C=O) groups excluding carboxylic acids is 1. The maximum absolute atomic E-state index is 12.8. The highest BCUT2D eigenvalue weighted by Crippen LogP contribution is 2.34. The maximum Gasteiger partial charge on any atom is 0.277 e. The Bertz CT molecular complexity index is 1190. The molecule has 0 aliphatic rings. The van der Waals surface area contributed by atoms with Crippen molar-refractivity contribution in [3.63, 3.8) is 0 Å². The van der Waals surface area contributed by atoms with E-state index in [2.05, 4.69) is 5.10 Å². The molecule has 148 valence electrons. The number of aromatic nitrogens is 2. The van der Waals surface area contributed by atoms with E-state index in [1.165, 1.54) is 24.7 Å². The van der Waals surface area contributed by atoms with Crippen molar-refractivity contribution >= 4 is 37.1 Å². The van der Waals surface area contributed by atoms with Gasteiger partial charge in [-0.3, -0.25) is 14.3 Å². The van der Waals surface area contributed by atoms with Crippen molar-refractivity contribution < 1.29 is 21.6 Å². The molecule has 0 radical (unpaired) electrons. The van der Waals surface area contributed by atoms with Crippen LogP contribution in [0.4, 0.5) is 0 Å². The lowest BCUT2D eigenvalue weighted by Crippen LogP contribution is -2.22. The lowest BCUT2D eigenvalue weighted by Gasteiger charge is -2.15. The molecule has 1 heterocycles. The highest BCUT2D eigenvalue weighted by molar-refractivity contribution is 7.94. The molecule has 1 aromatic heterocycles. The Kier molecular flexibility index (Phi) is 5.74. The highest BCUT2D eigenvalue weighted by atomic mass is 35.5. The Hall–Kier alpha value is -1.91. The van der Waals surface area contributed by atoms with Crippen molar-refractivity contribution in [2.45, 2.75) is 37.1 Å². The molecule has 0 fully saturated rings. The lowest BCUT2D eigenvalue weighted by atomic mass is 10.0. The van der Waals surface area contributed by atoms with Gasteiger partial charge in [-0.2, -0.15) is 0 Å². The van der Waals surface area contributed by atoms with Crippen LogP contribution in [0.2, 0.25) is 5.02 Å². The standard InChI is InChI=1S/C16H19ClN2O6S2/c1-5-19-16(21)11(8-18-19)14(20)10-7-12(27(24,25)6-2)15(26(4,22)23)9(3)13(10)17/h7-8,18H,5-6H2,1-4H3. The molecule has 0 saturated heterocycles. The average molecular weight is 435 g/mol. The first-order chi connectivity index (χ1) is 12.4. The third-order valence-electron chi connectivity index (χ3n) is 4.14. The molecule has 0 aliphatic heterocycles. The van der Waals surface area contributed by atoms with Gasteiger partial charge < -0.3 is 5.10 Å². The van der Waals surface area contributed by atoms with E-state index in [-0.39, 0.29) is 27.5 Å². The van der Waals surface area contributed by atoms with Gasteiger partial charge in [-0.15, -0.1) is 0 Å². The molecule has 11 heteroatoms. The predicted octanol–water partition coefficient (Wildman–Crippen LogP) is 1.59. The van der Waals surface area contributed by atoms with Crippen molar-refractivity contribution in [2.75, 3.05) is 12.0 Å². The summed E-state index contributed by atoms with van der Waals surface area (Å²) in [5.74, 6) is -1.15. The van der Waals surface area contributed by atoms with Crippen LogP contribution in [-0.4, -0.2) is 44.4 Å². The Labute approximate surface area is 162 Å². The Morgan fingerprint density at radius 3 is 2.22 bits per heavy atom. The summed E-state index contributed by atoms with van der Waals surface area (Å²) >= 11 is 6.21. The summed E-state index contributed by atoms with van der Waals surface area (Å²) in [6, 6.07) is 0.940. The topological polar surface area (TPSA) is 123 Å². The number of nitrogens with zero attached hydrogens (tertiary/aromatic N) is 1. The second-order valence-corrected chi connectivity index (χ2v) is 10.5. The second-order valence-electron chi connectivity index (χ2n) is 5.93. The van der Waals surface area contributed by atoms with Gasteiger partial charge in [-0.1, -0.05) is 18.5 Å². The van der Waals surface area contributed by atoms with Gasteiger partial charge in [0.2, 0.25) is 5.78 Å². The minimum Gasteiger partial charge on any atom is -0.302 e. The van der Waals surface area contributed by atoms with Crippen LogP contribution in [-0.2, 0) is 26.2 Å². The number of aryl methyl sites for hydroxylation is 1. The second kappa shape index (κ2) is 7.25. The zero-order valence-electron chi connectivity index (χ0n) is 15.2. The van der Waals surface area contributed by atoms with Crippen molar-refractivity contribution in [3.05, 3.63) is 44.3 Å². The van der Waals surface area contributed by atoms with E-state index in [4.69, 9.17) is 11.6 Å². The van der Waals surface area contributed by atoms with Gasteiger partial charge in [0.25, 0.3) is 5.56 Å². The molecule has 0 amide bonds. The molecule has 0 aliphatic carbocycles. The Balaban J connectivity index is 2.89. The van der Waals surface area contributed by atoms with Gasteiger partial charge in [-0.05, 0) is 25.5 Å². The molecule has 0 atom stereocenters. The summed E-state index contributed by atoms with van der Waals surface area (Å²) in [6.45, 7) is 4.70. The van der Waals surface area contributed by atoms with E-state index < -0.39 is 40.8 Å². The summed E-state index contributed by atoms with van der Waals surface area (Å²) < 4.78 is 50.5. The number of carbonyl (C=O) groups is 1. The minimum absolute atomic E-state index is 0.0524. The van der Waals surface area contributed by atoms with E-state index in [1.807, 2.05) is 0 Å². The van der Waals surface area contributed by atoms with Crippen molar-refractivity contribution in [1.82, 2.24) is 9.78 Å². The first-order valence-corrected chi connectivity index (χ1v) is 11.9. The largest absolute Gasteiger partial charge is 0.302 e. The molecule has 2 aromatic rings. The number of ketones is 1. The average Bonchev–Trinajstić information content (AvgIpc) is 2.95. The summed E-state index contributed by atoms with van der Waals surface area (Å²) in [7, 11) is -7.92.